The average molecular weight is 407 g/mol. The molecule has 2 rings (SSSR count). The molecule has 2 aliphatic rings. The van der Waals surface area contributed by atoms with Gasteiger partial charge < -0.3 is 14.9 Å². The molecule has 0 aromatic carbocycles. The van der Waals surface area contributed by atoms with E-state index in [1.54, 1.807) is 70.0 Å². The monoisotopic (exact) mass is 407 g/mol. The predicted molar refractivity (Wildman–Crippen MR) is 109 cm³/mol. The van der Waals surface area contributed by atoms with E-state index < -0.39 is 11.2 Å². The summed E-state index contributed by atoms with van der Waals surface area (Å²) in [6.45, 7) is 6.77. The molecule has 0 N–H and O–H groups in total. The van der Waals surface area contributed by atoms with Crippen molar-refractivity contribution >= 4 is 5.87 Å². The van der Waals surface area contributed by atoms with E-state index in [2.05, 4.69) is 0 Å². The van der Waals surface area contributed by atoms with Gasteiger partial charge in [0, 0.05) is 11.1 Å². The molecule has 2 aliphatic heterocycles. The maximum atomic E-state index is 9.58. The summed E-state index contributed by atoms with van der Waals surface area (Å²) in [5, 5.41) is 55.7. The highest BCUT2D eigenvalue weighted by molar-refractivity contribution is 5.75. The molecule has 0 spiro atoms. The van der Waals surface area contributed by atoms with Gasteiger partial charge in [0.15, 0.2) is 17.1 Å². The van der Waals surface area contributed by atoms with E-state index in [0.29, 0.717) is 11.1 Å². The van der Waals surface area contributed by atoms with Crippen LogP contribution in [0.4, 0.5) is 0 Å². The van der Waals surface area contributed by atoms with Gasteiger partial charge >= 0.3 is 0 Å². The third kappa shape index (κ3) is 3.87. The van der Waals surface area contributed by atoms with Crippen molar-refractivity contribution in [3.8, 4) is 30.3 Å². The minimum absolute atomic E-state index is 0.0704. The number of hydrogen-bond acceptors (Lipinski definition) is 7. The van der Waals surface area contributed by atoms with E-state index in [-0.39, 0.29) is 33.8 Å². The lowest BCUT2D eigenvalue weighted by atomic mass is 9.91. The number of nitrogens with zero attached hydrogens (tertiary/aromatic N) is 6. The second-order valence-corrected chi connectivity index (χ2v) is 7.41. The van der Waals surface area contributed by atoms with E-state index in [4.69, 9.17) is 30.7 Å². The summed E-state index contributed by atoms with van der Waals surface area (Å²) in [5.41, 5.74) is -1.51. The van der Waals surface area contributed by atoms with Crippen molar-refractivity contribution in [1.82, 2.24) is 0 Å². The lowest BCUT2D eigenvalue weighted by molar-refractivity contribution is 0.0953. The Labute approximate surface area is 179 Å². The summed E-state index contributed by atoms with van der Waals surface area (Å²) in [7, 11) is 0. The zero-order chi connectivity index (χ0) is 23.4. The van der Waals surface area contributed by atoms with Gasteiger partial charge in [-0.15, -0.1) is 0 Å². The normalized spacial score (nSPS) is 19.5. The number of nitriles is 5. The van der Waals surface area contributed by atoms with Crippen LogP contribution < -0.4 is 0 Å². The molecular formula is C23H15N6O2-. The molecule has 0 amide bonds. The van der Waals surface area contributed by atoms with Crippen LogP contribution in [0.25, 0.3) is 5.41 Å². The van der Waals surface area contributed by atoms with Gasteiger partial charge in [-0.3, -0.25) is 0 Å². The minimum Gasteiger partial charge on any atom is -0.762 e. The fourth-order valence-electron chi connectivity index (χ4n) is 3.20. The van der Waals surface area contributed by atoms with Crippen LogP contribution in [0.15, 0.2) is 63.2 Å². The van der Waals surface area contributed by atoms with Crippen LogP contribution in [0.1, 0.15) is 27.7 Å². The van der Waals surface area contributed by atoms with Gasteiger partial charge in [0.2, 0.25) is 0 Å². The first kappa shape index (κ1) is 22.5. The minimum atomic E-state index is -0.975. The molecule has 0 radical (unpaired) electrons. The van der Waals surface area contributed by atoms with Gasteiger partial charge in [-0.2, -0.15) is 26.3 Å². The van der Waals surface area contributed by atoms with E-state index in [9.17, 15) is 10.5 Å². The van der Waals surface area contributed by atoms with Crippen molar-refractivity contribution in [3.63, 3.8) is 0 Å². The number of rotatable bonds is 3. The molecule has 0 unspecified atom stereocenters. The first-order chi connectivity index (χ1) is 14.6. The quantitative estimate of drug-likeness (QED) is 0.509. The van der Waals surface area contributed by atoms with Crippen molar-refractivity contribution in [2.75, 3.05) is 0 Å². The zero-order valence-electron chi connectivity index (χ0n) is 17.2. The van der Waals surface area contributed by atoms with Gasteiger partial charge in [-0.05, 0) is 27.7 Å². The molecule has 8 heteroatoms. The molecule has 150 valence electrons. The lowest BCUT2D eigenvalue weighted by Crippen LogP contribution is -2.22. The van der Waals surface area contributed by atoms with Crippen LogP contribution in [0.5, 0.6) is 0 Å². The largest absolute Gasteiger partial charge is 0.762 e. The first-order valence-electron chi connectivity index (χ1n) is 8.90. The summed E-state index contributed by atoms with van der Waals surface area (Å²) >= 11 is 0. The van der Waals surface area contributed by atoms with Crippen LogP contribution in [-0.2, 0) is 9.47 Å². The van der Waals surface area contributed by atoms with E-state index in [1.807, 2.05) is 12.1 Å². The standard InChI is InChI=1S/C23H15N6O2/c1-22(2)18(16(12-28)20(30-22)14(8-24)9-25)6-5-7-19-17(13-29)21(15(10-26)11-27)31-23(19,3)4/h5-7H,1-4H3/q-1/b6-5+,19-7-. The molecule has 0 aromatic rings. The molecule has 0 bridgehead atoms. The highest BCUT2D eigenvalue weighted by Gasteiger charge is 2.40. The summed E-state index contributed by atoms with van der Waals surface area (Å²) in [6, 6.07) is 9.14. The van der Waals surface area contributed by atoms with Gasteiger partial charge in [-0.1, -0.05) is 18.2 Å². The summed E-state index contributed by atoms with van der Waals surface area (Å²) in [6.07, 6.45) is 4.76. The molecule has 0 fully saturated rings. The second-order valence-electron chi connectivity index (χ2n) is 7.41. The Hall–Kier alpha value is -4.80. The Morgan fingerprint density at radius 2 is 1.48 bits per heavy atom. The van der Waals surface area contributed by atoms with Crippen molar-refractivity contribution in [2.45, 2.75) is 38.9 Å². The summed E-state index contributed by atoms with van der Waals surface area (Å²) in [4.78, 5) is 0. The van der Waals surface area contributed by atoms with E-state index in [0.717, 1.165) is 0 Å². The predicted octanol–water partition coefficient (Wildman–Crippen LogP) is 3.67. The SMILES string of the molecule is CC1(C)OC(=C(C#N)C#N)C(C#N)=C1/C=C/C=C1/C(C#N)=C(C(=C=[N-])C#N)OC1(C)C. The topological polar surface area (TPSA) is 160 Å². The molecule has 0 atom stereocenters. The maximum absolute atomic E-state index is 9.58. The second kappa shape index (κ2) is 8.29. The van der Waals surface area contributed by atoms with E-state index >= 15 is 0 Å². The summed E-state index contributed by atoms with van der Waals surface area (Å²) in [5.74, 6) is 1.58. The Morgan fingerprint density at radius 3 is 1.97 bits per heavy atom. The van der Waals surface area contributed by atoms with Gasteiger partial charge in [0.05, 0.1) is 0 Å². The average Bonchev–Trinajstić information content (AvgIpc) is 3.13. The smallest absolute Gasteiger partial charge is 0.172 e. The van der Waals surface area contributed by atoms with Crippen LogP contribution in [0.2, 0.25) is 0 Å². The maximum Gasteiger partial charge on any atom is 0.172 e. The van der Waals surface area contributed by atoms with Crippen LogP contribution in [0, 0.1) is 56.7 Å². The van der Waals surface area contributed by atoms with Gasteiger partial charge in [0.1, 0.15) is 58.3 Å². The van der Waals surface area contributed by atoms with Crippen molar-refractivity contribution in [1.29, 1.82) is 26.3 Å². The molecule has 8 nitrogen and oxygen atoms in total. The molecule has 0 saturated carbocycles. The first-order valence-corrected chi connectivity index (χ1v) is 8.90. The molecule has 2 heterocycles. The van der Waals surface area contributed by atoms with Crippen molar-refractivity contribution < 1.29 is 9.47 Å². The third-order valence-electron chi connectivity index (χ3n) is 4.66. The molecule has 31 heavy (non-hydrogen) atoms. The Morgan fingerprint density at radius 1 is 0.871 bits per heavy atom. The van der Waals surface area contributed by atoms with Crippen molar-refractivity contribution in [2.24, 2.45) is 0 Å². The molecule has 0 saturated heterocycles. The van der Waals surface area contributed by atoms with Gasteiger partial charge in [-0.25, -0.2) is 5.87 Å². The summed E-state index contributed by atoms with van der Waals surface area (Å²) < 4.78 is 11.4. The highest BCUT2D eigenvalue weighted by atomic mass is 16.5. The Bertz CT molecular complexity index is 1260. The molecule has 0 aromatic heterocycles. The number of allylic oxidation sites excluding steroid dienone is 5. The Balaban J connectivity index is 2.64. The van der Waals surface area contributed by atoms with Crippen LogP contribution in [0.3, 0.4) is 0 Å². The highest BCUT2D eigenvalue weighted by Crippen LogP contribution is 2.42. The van der Waals surface area contributed by atoms with E-state index in [1.165, 1.54) is 0 Å². The van der Waals surface area contributed by atoms with Crippen molar-refractivity contribution in [3.05, 3.63) is 68.6 Å². The van der Waals surface area contributed by atoms with Crippen LogP contribution >= 0.6 is 0 Å². The zero-order valence-corrected chi connectivity index (χ0v) is 17.2. The third-order valence-corrected chi connectivity index (χ3v) is 4.66. The molecule has 0 aliphatic carbocycles. The number of ether oxygens (including phenoxy) is 2. The van der Waals surface area contributed by atoms with Crippen LogP contribution in [-0.4, -0.2) is 17.1 Å². The Kier molecular flexibility index (Phi) is 6.01. The fraction of sp³-hybridized carbons (Fsp3) is 0.261. The van der Waals surface area contributed by atoms with Gasteiger partial charge in [0.25, 0.3) is 0 Å². The number of hydrogen-bond donors (Lipinski definition) is 0. The lowest BCUT2D eigenvalue weighted by Gasteiger charge is -2.21. The molecular weight excluding hydrogens is 392 g/mol. The fourth-order valence-corrected chi connectivity index (χ4v) is 3.20.